The van der Waals surface area contributed by atoms with Gasteiger partial charge < -0.3 is 17.7 Å². The van der Waals surface area contributed by atoms with Crippen LogP contribution in [0.3, 0.4) is 0 Å². The third-order valence-electron chi connectivity index (χ3n) is 4.20. The third-order valence-corrected chi connectivity index (χ3v) is 4.20. The standard InChI is InChI=1S/C17H17BF3O.K/c19-18(20,21)15-8-10-16(11-9-15)22-12-14-6-3-5-13-4-1-2-7-17(13)14;/h1-2,4,7-11,14H,3,5-6,12H2;/q-1;+1. The van der Waals surface area contributed by atoms with Crippen LogP contribution in [0, 0.1) is 0 Å². The predicted octanol–water partition coefficient (Wildman–Crippen LogP) is 1.24. The Bertz CT molecular complexity index is 643. The van der Waals surface area contributed by atoms with Crippen LogP contribution in [-0.2, 0) is 6.42 Å². The van der Waals surface area contributed by atoms with Gasteiger partial charge in [0.05, 0.1) is 6.61 Å². The summed E-state index contributed by atoms with van der Waals surface area (Å²) < 4.78 is 43.5. The normalized spacial score (nSPS) is 17.1. The van der Waals surface area contributed by atoms with Crippen molar-refractivity contribution in [3.8, 4) is 5.75 Å². The molecule has 0 spiro atoms. The SMILES string of the molecule is F[B-](F)(F)c1ccc(OCC2CCCc3ccccc32)cc1.[K+]. The fraction of sp³-hybridized carbons (Fsp3) is 0.294. The molecule has 0 saturated heterocycles. The number of fused-ring (bicyclic) bond motifs is 1. The number of halogens is 3. The Labute approximate surface area is 177 Å². The maximum atomic E-state index is 12.6. The van der Waals surface area contributed by atoms with Crippen molar-refractivity contribution in [2.24, 2.45) is 0 Å². The van der Waals surface area contributed by atoms with E-state index >= 15 is 0 Å². The number of hydrogen-bond donors (Lipinski definition) is 0. The van der Waals surface area contributed by atoms with E-state index in [-0.39, 0.29) is 51.4 Å². The molecule has 0 radical (unpaired) electrons. The smallest absolute Gasteiger partial charge is 0.493 e. The second-order valence-corrected chi connectivity index (χ2v) is 5.74. The van der Waals surface area contributed by atoms with Gasteiger partial charge in [-0.2, -0.15) is 0 Å². The Kier molecular flexibility index (Phi) is 6.80. The van der Waals surface area contributed by atoms with Gasteiger partial charge in [0, 0.05) is 5.92 Å². The van der Waals surface area contributed by atoms with Gasteiger partial charge in [0.1, 0.15) is 5.75 Å². The summed E-state index contributed by atoms with van der Waals surface area (Å²) in [6.07, 6.45) is 3.27. The zero-order valence-electron chi connectivity index (χ0n) is 13.1. The summed E-state index contributed by atoms with van der Waals surface area (Å²) in [5.41, 5.74) is 2.08. The van der Waals surface area contributed by atoms with Crippen LogP contribution in [0.2, 0.25) is 0 Å². The van der Waals surface area contributed by atoms with E-state index in [0.29, 0.717) is 18.3 Å². The second-order valence-electron chi connectivity index (χ2n) is 5.74. The molecule has 0 saturated carbocycles. The molecule has 116 valence electrons. The molecule has 0 fully saturated rings. The minimum atomic E-state index is -4.94. The van der Waals surface area contributed by atoms with Crippen molar-refractivity contribution in [3.05, 3.63) is 59.7 Å². The van der Waals surface area contributed by atoms with Gasteiger partial charge in [-0.05, 0) is 42.5 Å². The molecule has 0 bridgehead atoms. The van der Waals surface area contributed by atoms with Crippen LogP contribution in [0.5, 0.6) is 5.75 Å². The van der Waals surface area contributed by atoms with Gasteiger partial charge in [-0.1, -0.05) is 36.4 Å². The van der Waals surface area contributed by atoms with E-state index in [0.717, 1.165) is 31.4 Å². The Hall–Kier alpha value is -0.269. The van der Waals surface area contributed by atoms with E-state index in [1.807, 2.05) is 12.1 Å². The van der Waals surface area contributed by atoms with Crippen molar-refractivity contribution in [2.75, 3.05) is 6.61 Å². The van der Waals surface area contributed by atoms with E-state index in [4.69, 9.17) is 4.74 Å². The van der Waals surface area contributed by atoms with Crippen LogP contribution in [-0.4, -0.2) is 13.6 Å². The molecule has 1 aliphatic rings. The molecule has 0 N–H and O–H groups in total. The molecule has 2 aromatic carbocycles. The number of rotatable bonds is 4. The summed E-state index contributed by atoms with van der Waals surface area (Å²) in [5.74, 6) is 0.809. The van der Waals surface area contributed by atoms with Crippen LogP contribution in [0.1, 0.15) is 29.9 Å². The van der Waals surface area contributed by atoms with Crippen LogP contribution in [0.4, 0.5) is 12.9 Å². The first-order chi connectivity index (χ1) is 10.5. The van der Waals surface area contributed by atoms with Gasteiger partial charge in [0.2, 0.25) is 0 Å². The summed E-state index contributed by atoms with van der Waals surface area (Å²) in [7, 11) is 0. The average molecular weight is 344 g/mol. The van der Waals surface area contributed by atoms with Crippen LogP contribution >= 0.6 is 0 Å². The predicted molar refractivity (Wildman–Crippen MR) is 82.8 cm³/mol. The van der Waals surface area contributed by atoms with Crippen LogP contribution in [0.15, 0.2) is 48.5 Å². The summed E-state index contributed by atoms with van der Waals surface area (Å²) >= 11 is 0. The Morgan fingerprint density at radius 2 is 1.70 bits per heavy atom. The van der Waals surface area contributed by atoms with E-state index in [2.05, 4.69) is 12.1 Å². The number of hydrogen-bond acceptors (Lipinski definition) is 1. The maximum Gasteiger partial charge on any atom is 1.00 e. The molecule has 2 aromatic rings. The van der Waals surface area contributed by atoms with Crippen molar-refractivity contribution in [1.82, 2.24) is 0 Å². The van der Waals surface area contributed by atoms with Crippen LogP contribution in [0.25, 0.3) is 0 Å². The zero-order chi connectivity index (χ0) is 15.6. The molecular weight excluding hydrogens is 327 g/mol. The molecule has 6 heteroatoms. The van der Waals surface area contributed by atoms with Gasteiger partial charge in [-0.15, -0.1) is 5.46 Å². The first kappa shape index (κ1) is 19.1. The summed E-state index contributed by atoms with van der Waals surface area (Å²) in [6.45, 7) is -4.43. The van der Waals surface area contributed by atoms with Crippen molar-refractivity contribution in [3.63, 3.8) is 0 Å². The Balaban J connectivity index is 0.00000192. The fourth-order valence-electron chi connectivity index (χ4n) is 3.01. The van der Waals surface area contributed by atoms with Gasteiger partial charge in [-0.25, -0.2) is 0 Å². The summed E-state index contributed by atoms with van der Waals surface area (Å²) in [4.78, 5) is 0. The van der Waals surface area contributed by atoms with Gasteiger partial charge in [0.25, 0.3) is 0 Å². The largest absolute Gasteiger partial charge is 1.00 e. The van der Waals surface area contributed by atoms with Crippen molar-refractivity contribution in [1.29, 1.82) is 0 Å². The Morgan fingerprint density at radius 1 is 1.00 bits per heavy atom. The molecule has 1 atom stereocenters. The Morgan fingerprint density at radius 3 is 2.39 bits per heavy atom. The molecule has 1 aliphatic carbocycles. The maximum absolute atomic E-state index is 12.6. The molecular formula is C17H17BF3KO. The zero-order valence-corrected chi connectivity index (χ0v) is 16.3. The second kappa shape index (κ2) is 8.21. The molecule has 3 rings (SSSR count). The molecule has 0 heterocycles. The fourth-order valence-corrected chi connectivity index (χ4v) is 3.01. The van der Waals surface area contributed by atoms with E-state index in [1.54, 1.807) is 0 Å². The van der Waals surface area contributed by atoms with Crippen molar-refractivity contribution >= 4 is 12.4 Å². The van der Waals surface area contributed by atoms with Gasteiger partial charge in [0.15, 0.2) is 0 Å². The van der Waals surface area contributed by atoms with E-state index < -0.39 is 12.4 Å². The topological polar surface area (TPSA) is 9.23 Å². The minimum Gasteiger partial charge on any atom is -0.493 e. The van der Waals surface area contributed by atoms with Gasteiger partial charge >= 0.3 is 58.4 Å². The molecule has 0 aromatic heterocycles. The monoisotopic (exact) mass is 344 g/mol. The number of aryl methyl sites for hydroxylation is 1. The minimum absolute atomic E-state index is 0. The molecule has 1 nitrogen and oxygen atoms in total. The summed E-state index contributed by atoms with van der Waals surface area (Å²) in [5, 5.41) is 0. The first-order valence-corrected chi connectivity index (χ1v) is 7.54. The van der Waals surface area contributed by atoms with Crippen molar-refractivity contribution < 1.29 is 69.1 Å². The quantitative estimate of drug-likeness (QED) is 0.759. The van der Waals surface area contributed by atoms with Gasteiger partial charge in [-0.3, -0.25) is 0 Å². The molecule has 0 aliphatic heterocycles. The third kappa shape index (κ3) is 4.86. The number of benzene rings is 2. The number of ether oxygens (including phenoxy) is 1. The van der Waals surface area contributed by atoms with E-state index in [9.17, 15) is 12.9 Å². The average Bonchev–Trinajstić information content (AvgIpc) is 2.52. The molecule has 1 unspecified atom stereocenters. The summed E-state index contributed by atoms with van der Waals surface area (Å²) in [6, 6.07) is 13.3. The van der Waals surface area contributed by atoms with Crippen molar-refractivity contribution in [2.45, 2.75) is 25.2 Å². The van der Waals surface area contributed by atoms with Crippen LogP contribution < -0.4 is 61.6 Å². The molecule has 0 amide bonds. The first-order valence-electron chi connectivity index (χ1n) is 7.54. The molecule has 23 heavy (non-hydrogen) atoms. The van der Waals surface area contributed by atoms with E-state index in [1.165, 1.54) is 23.3 Å².